The number of nitriles is 1. The Morgan fingerprint density at radius 2 is 2.12 bits per heavy atom. The van der Waals surface area contributed by atoms with Gasteiger partial charge >= 0.3 is 0 Å². The van der Waals surface area contributed by atoms with Crippen molar-refractivity contribution < 1.29 is 8.42 Å². The highest BCUT2D eigenvalue weighted by atomic mass is 35.5. The highest BCUT2D eigenvalue weighted by Crippen LogP contribution is 2.24. The van der Waals surface area contributed by atoms with Gasteiger partial charge in [0.2, 0.25) is 0 Å². The maximum Gasteiger partial charge on any atom is 0.183 e. The Hall–Kier alpha value is -1.05. The lowest BCUT2D eigenvalue weighted by molar-refractivity contribution is 0.587. The van der Waals surface area contributed by atoms with E-state index in [4.69, 9.17) is 16.9 Å². The predicted octanol–water partition coefficient (Wildman–Crippen LogP) is 2.27. The summed E-state index contributed by atoms with van der Waals surface area (Å²) in [5, 5.41) is 8.22. The molecule has 0 radical (unpaired) electrons. The number of benzene rings is 1. The first-order valence-corrected chi connectivity index (χ1v) is 6.82. The van der Waals surface area contributed by atoms with E-state index in [1.807, 2.05) is 6.07 Å². The van der Waals surface area contributed by atoms with E-state index in [-0.39, 0.29) is 16.3 Å². The third-order valence-corrected chi connectivity index (χ3v) is 5.35. The predicted molar refractivity (Wildman–Crippen MR) is 63.3 cm³/mol. The largest absolute Gasteiger partial charge is 0.223 e. The lowest BCUT2D eigenvalue weighted by Crippen LogP contribution is -2.21. The monoisotopic (exact) mass is 257 g/mol. The summed E-state index contributed by atoms with van der Waals surface area (Å²) in [4.78, 5) is 0.102. The molecule has 0 aliphatic rings. The number of halogens is 1. The van der Waals surface area contributed by atoms with Crippen LogP contribution in [0.2, 0.25) is 0 Å². The molecule has 0 aromatic heterocycles. The first-order chi connectivity index (χ1) is 7.45. The number of alkyl halides is 1. The van der Waals surface area contributed by atoms with Gasteiger partial charge in [-0.3, -0.25) is 0 Å². The van der Waals surface area contributed by atoms with Gasteiger partial charge in [0.15, 0.2) is 9.84 Å². The van der Waals surface area contributed by atoms with Crippen LogP contribution >= 0.6 is 11.6 Å². The minimum absolute atomic E-state index is 0.0154. The summed E-state index contributed by atoms with van der Waals surface area (Å²) in [5.41, 5.74) is 0.757. The van der Waals surface area contributed by atoms with Crippen LogP contribution in [0.3, 0.4) is 0 Å². The van der Waals surface area contributed by atoms with Crippen molar-refractivity contribution in [3.8, 4) is 6.07 Å². The van der Waals surface area contributed by atoms with Gasteiger partial charge in [-0.2, -0.15) is 5.26 Å². The lowest BCUT2D eigenvalue weighted by atomic mass is 10.1. The van der Waals surface area contributed by atoms with Crippen LogP contribution in [0, 0.1) is 18.3 Å². The van der Waals surface area contributed by atoms with Crippen LogP contribution in [0.25, 0.3) is 0 Å². The molecule has 0 heterocycles. The van der Waals surface area contributed by atoms with E-state index in [1.54, 1.807) is 19.1 Å². The van der Waals surface area contributed by atoms with Crippen molar-refractivity contribution in [2.45, 2.75) is 24.0 Å². The molecule has 0 aliphatic carbocycles. The highest BCUT2D eigenvalue weighted by molar-refractivity contribution is 7.92. The lowest BCUT2D eigenvalue weighted by Gasteiger charge is -2.13. The normalized spacial score (nSPS) is 13.1. The average Bonchev–Trinajstić information content (AvgIpc) is 2.26. The van der Waals surface area contributed by atoms with Crippen LogP contribution in [0.4, 0.5) is 0 Å². The number of nitrogens with zero attached hydrogens (tertiary/aromatic N) is 1. The zero-order valence-electron chi connectivity index (χ0n) is 9.07. The highest BCUT2D eigenvalue weighted by Gasteiger charge is 2.26. The van der Waals surface area contributed by atoms with Gasteiger partial charge in [0.1, 0.15) is 6.07 Å². The van der Waals surface area contributed by atoms with Crippen LogP contribution in [0.1, 0.15) is 18.1 Å². The minimum Gasteiger partial charge on any atom is -0.223 e. The number of sulfone groups is 1. The van der Waals surface area contributed by atoms with Gasteiger partial charge in [-0.25, -0.2) is 8.42 Å². The fourth-order valence-corrected chi connectivity index (χ4v) is 3.41. The van der Waals surface area contributed by atoms with Crippen LogP contribution in [0.5, 0.6) is 0 Å². The summed E-state index contributed by atoms with van der Waals surface area (Å²) in [6, 6.07) is 6.74. The first-order valence-electron chi connectivity index (χ1n) is 4.74. The van der Waals surface area contributed by atoms with E-state index in [0.717, 1.165) is 0 Å². The van der Waals surface area contributed by atoms with Gasteiger partial charge in [0, 0.05) is 5.88 Å². The van der Waals surface area contributed by atoms with E-state index >= 15 is 0 Å². The van der Waals surface area contributed by atoms with Crippen molar-refractivity contribution in [1.29, 1.82) is 5.26 Å². The van der Waals surface area contributed by atoms with Crippen molar-refractivity contribution >= 4 is 21.4 Å². The fourth-order valence-electron chi connectivity index (χ4n) is 1.40. The quantitative estimate of drug-likeness (QED) is 0.781. The van der Waals surface area contributed by atoms with Crippen molar-refractivity contribution in [2.75, 3.05) is 5.88 Å². The van der Waals surface area contributed by atoms with E-state index in [1.165, 1.54) is 13.0 Å². The summed E-state index contributed by atoms with van der Waals surface area (Å²) in [5.74, 6) is 0.0154. The number of hydrogen-bond donors (Lipinski definition) is 0. The van der Waals surface area contributed by atoms with Crippen molar-refractivity contribution in [3.05, 3.63) is 29.3 Å². The van der Waals surface area contributed by atoms with Crippen molar-refractivity contribution in [3.63, 3.8) is 0 Å². The van der Waals surface area contributed by atoms with Gasteiger partial charge in [-0.1, -0.05) is 12.1 Å². The Kier molecular flexibility index (Phi) is 3.95. The first kappa shape index (κ1) is 13.0. The third kappa shape index (κ3) is 2.21. The van der Waals surface area contributed by atoms with Gasteiger partial charge in [-0.15, -0.1) is 11.6 Å². The average molecular weight is 258 g/mol. The second kappa shape index (κ2) is 4.86. The van der Waals surface area contributed by atoms with Gasteiger partial charge in [-0.05, 0) is 25.5 Å². The molecule has 0 saturated heterocycles. The zero-order valence-corrected chi connectivity index (χ0v) is 10.6. The van der Waals surface area contributed by atoms with Crippen LogP contribution in [-0.4, -0.2) is 19.5 Å². The van der Waals surface area contributed by atoms with Crippen molar-refractivity contribution in [2.24, 2.45) is 0 Å². The topological polar surface area (TPSA) is 57.9 Å². The summed E-state index contributed by atoms with van der Waals surface area (Å²) < 4.78 is 24.3. The van der Waals surface area contributed by atoms with Crippen molar-refractivity contribution in [1.82, 2.24) is 0 Å². The molecule has 1 aromatic rings. The van der Waals surface area contributed by atoms with Gasteiger partial charge < -0.3 is 0 Å². The molecule has 16 heavy (non-hydrogen) atoms. The van der Waals surface area contributed by atoms with Crippen LogP contribution < -0.4 is 0 Å². The molecular weight excluding hydrogens is 246 g/mol. The Morgan fingerprint density at radius 1 is 1.50 bits per heavy atom. The molecule has 1 rings (SSSR count). The van der Waals surface area contributed by atoms with Gasteiger partial charge in [0.05, 0.1) is 15.7 Å². The summed E-state index contributed by atoms with van der Waals surface area (Å²) >= 11 is 5.57. The number of rotatable bonds is 3. The molecule has 0 N–H and O–H groups in total. The Morgan fingerprint density at radius 3 is 2.62 bits per heavy atom. The Labute approximate surface area is 101 Å². The molecule has 0 saturated carbocycles. The third-order valence-electron chi connectivity index (χ3n) is 2.36. The molecule has 1 unspecified atom stereocenters. The molecule has 5 heteroatoms. The van der Waals surface area contributed by atoms with E-state index < -0.39 is 15.1 Å². The SMILES string of the molecule is Cc1cccc(C#N)c1S(=O)(=O)C(C)CCl. The minimum atomic E-state index is -3.52. The molecule has 1 atom stereocenters. The molecule has 3 nitrogen and oxygen atoms in total. The standard InChI is InChI=1S/C11H12ClNO2S/c1-8-4-3-5-10(7-13)11(8)16(14,15)9(2)6-12/h3-5,9H,6H2,1-2H3. The summed E-state index contributed by atoms with van der Waals surface area (Å²) in [6.07, 6.45) is 0. The van der Waals surface area contributed by atoms with Crippen LogP contribution in [-0.2, 0) is 9.84 Å². The van der Waals surface area contributed by atoms with E-state index in [2.05, 4.69) is 0 Å². The molecule has 86 valence electrons. The van der Waals surface area contributed by atoms with E-state index in [0.29, 0.717) is 5.56 Å². The molecular formula is C11H12ClNO2S. The molecule has 1 aromatic carbocycles. The summed E-state index contributed by atoms with van der Waals surface area (Å²) in [7, 11) is -3.52. The second-order valence-corrected chi connectivity index (χ2v) is 6.18. The zero-order chi connectivity index (χ0) is 12.3. The second-order valence-electron chi connectivity index (χ2n) is 3.57. The smallest absolute Gasteiger partial charge is 0.183 e. The van der Waals surface area contributed by atoms with Crippen LogP contribution in [0.15, 0.2) is 23.1 Å². The maximum absolute atomic E-state index is 12.1. The molecule has 0 spiro atoms. The maximum atomic E-state index is 12.1. The molecule has 0 amide bonds. The number of aryl methyl sites for hydroxylation is 1. The summed E-state index contributed by atoms with van der Waals surface area (Å²) in [6.45, 7) is 3.21. The number of hydrogen-bond acceptors (Lipinski definition) is 3. The molecule has 0 bridgehead atoms. The van der Waals surface area contributed by atoms with Gasteiger partial charge in [0.25, 0.3) is 0 Å². The van der Waals surface area contributed by atoms with E-state index in [9.17, 15) is 8.42 Å². The molecule has 0 aliphatic heterocycles. The fraction of sp³-hybridized carbons (Fsp3) is 0.364. The Balaban J connectivity index is 3.51. The molecule has 0 fully saturated rings. The Bertz CT molecular complexity index is 531.